The van der Waals surface area contributed by atoms with Crippen LogP contribution in [0.2, 0.25) is 0 Å². The van der Waals surface area contributed by atoms with Crippen molar-refractivity contribution in [3.05, 3.63) is 30.1 Å². The third kappa shape index (κ3) is 5.07. The minimum atomic E-state index is -0.404. The fourth-order valence-electron chi connectivity index (χ4n) is 1.68. The molecule has 0 saturated heterocycles. The van der Waals surface area contributed by atoms with Gasteiger partial charge in [0.2, 0.25) is 11.8 Å². The van der Waals surface area contributed by atoms with Gasteiger partial charge in [-0.05, 0) is 24.6 Å². The molecule has 19 heavy (non-hydrogen) atoms. The van der Waals surface area contributed by atoms with Gasteiger partial charge in [-0.1, -0.05) is 13.0 Å². The van der Waals surface area contributed by atoms with E-state index in [9.17, 15) is 14.0 Å². The molecule has 0 aliphatic rings. The Kier molecular flexibility index (Phi) is 5.99. The third-order valence-corrected chi connectivity index (χ3v) is 2.63. The first-order valence-corrected chi connectivity index (χ1v) is 6.35. The van der Waals surface area contributed by atoms with Gasteiger partial charge in [-0.2, -0.15) is 0 Å². The average molecular weight is 266 g/mol. The number of amides is 2. The minimum absolute atomic E-state index is 0.107. The van der Waals surface area contributed by atoms with Crippen LogP contribution < -0.4 is 10.2 Å². The molecule has 0 spiro atoms. The Morgan fingerprint density at radius 2 is 2.11 bits per heavy atom. The first-order chi connectivity index (χ1) is 9.04. The van der Waals surface area contributed by atoms with Crippen molar-refractivity contribution in [2.45, 2.75) is 26.7 Å². The highest BCUT2D eigenvalue weighted by Crippen LogP contribution is 2.16. The highest BCUT2D eigenvalue weighted by molar-refractivity contribution is 5.92. The van der Waals surface area contributed by atoms with Crippen molar-refractivity contribution in [1.29, 1.82) is 0 Å². The highest BCUT2D eigenvalue weighted by Gasteiger charge is 2.13. The lowest BCUT2D eigenvalue weighted by atomic mass is 10.2. The maximum absolute atomic E-state index is 13.1. The molecular weight excluding hydrogens is 247 g/mol. The predicted molar refractivity (Wildman–Crippen MR) is 72.3 cm³/mol. The Morgan fingerprint density at radius 3 is 2.68 bits per heavy atom. The zero-order chi connectivity index (χ0) is 14.3. The molecule has 0 atom stereocenters. The second kappa shape index (κ2) is 7.51. The van der Waals surface area contributed by atoms with Crippen molar-refractivity contribution in [3.8, 4) is 0 Å². The second-order valence-electron chi connectivity index (χ2n) is 4.25. The fraction of sp³-hybridized carbons (Fsp3) is 0.429. The minimum Gasteiger partial charge on any atom is -0.356 e. The Balaban J connectivity index is 2.64. The Bertz CT molecular complexity index is 449. The number of carbonyl (C=O) groups excluding carboxylic acids is 2. The molecule has 5 heteroatoms. The molecule has 0 aromatic heterocycles. The van der Waals surface area contributed by atoms with Gasteiger partial charge in [0.25, 0.3) is 0 Å². The Labute approximate surface area is 112 Å². The lowest BCUT2D eigenvalue weighted by Gasteiger charge is -2.21. The van der Waals surface area contributed by atoms with E-state index in [1.54, 1.807) is 6.07 Å². The number of anilines is 1. The van der Waals surface area contributed by atoms with Crippen LogP contribution in [0.15, 0.2) is 24.3 Å². The zero-order valence-corrected chi connectivity index (χ0v) is 11.3. The Hall–Kier alpha value is -1.91. The number of nitrogens with zero attached hydrogens (tertiary/aromatic N) is 1. The van der Waals surface area contributed by atoms with Crippen LogP contribution in [0.4, 0.5) is 10.1 Å². The van der Waals surface area contributed by atoms with Crippen LogP contribution >= 0.6 is 0 Å². The van der Waals surface area contributed by atoms with E-state index < -0.39 is 5.82 Å². The second-order valence-corrected chi connectivity index (χ2v) is 4.25. The predicted octanol–water partition coefficient (Wildman–Crippen LogP) is 2.09. The molecule has 0 radical (unpaired) electrons. The molecule has 1 aromatic carbocycles. The molecule has 0 aliphatic carbocycles. The van der Waals surface area contributed by atoms with E-state index in [1.165, 1.54) is 30.0 Å². The molecule has 0 heterocycles. The molecule has 0 bridgehead atoms. The van der Waals surface area contributed by atoms with Crippen molar-refractivity contribution in [2.24, 2.45) is 0 Å². The third-order valence-electron chi connectivity index (χ3n) is 2.63. The maximum atomic E-state index is 13.1. The van der Waals surface area contributed by atoms with Crippen LogP contribution in [0, 0.1) is 5.82 Å². The SMILES string of the molecule is CCCNC(=O)CCN(C(C)=O)c1cccc(F)c1. The van der Waals surface area contributed by atoms with Crippen LogP contribution in [0.1, 0.15) is 26.7 Å². The van der Waals surface area contributed by atoms with Crippen molar-refractivity contribution >= 4 is 17.5 Å². The van der Waals surface area contributed by atoms with Gasteiger partial charge in [0.1, 0.15) is 5.82 Å². The monoisotopic (exact) mass is 266 g/mol. The molecule has 1 aromatic rings. The van der Waals surface area contributed by atoms with E-state index in [0.29, 0.717) is 12.2 Å². The number of benzene rings is 1. The van der Waals surface area contributed by atoms with E-state index in [-0.39, 0.29) is 24.8 Å². The fourth-order valence-corrected chi connectivity index (χ4v) is 1.68. The number of nitrogens with one attached hydrogen (secondary N) is 1. The molecule has 1 N–H and O–H groups in total. The summed E-state index contributed by atoms with van der Waals surface area (Å²) in [5.41, 5.74) is 0.468. The van der Waals surface area contributed by atoms with Crippen LogP contribution in [0.5, 0.6) is 0 Å². The van der Waals surface area contributed by atoms with Gasteiger partial charge in [-0.15, -0.1) is 0 Å². The number of hydrogen-bond acceptors (Lipinski definition) is 2. The summed E-state index contributed by atoms with van der Waals surface area (Å²) in [7, 11) is 0. The summed E-state index contributed by atoms with van der Waals surface area (Å²) in [6, 6.07) is 5.79. The first-order valence-electron chi connectivity index (χ1n) is 6.35. The molecule has 4 nitrogen and oxygen atoms in total. The highest BCUT2D eigenvalue weighted by atomic mass is 19.1. The molecule has 0 aliphatic heterocycles. The van der Waals surface area contributed by atoms with Gasteiger partial charge in [0, 0.05) is 32.1 Å². The van der Waals surface area contributed by atoms with Crippen LogP contribution in [0.25, 0.3) is 0 Å². The lowest BCUT2D eigenvalue weighted by molar-refractivity contribution is -0.121. The summed E-state index contributed by atoms with van der Waals surface area (Å²) in [6.07, 6.45) is 1.07. The molecule has 1 rings (SSSR count). The normalized spacial score (nSPS) is 10.1. The topological polar surface area (TPSA) is 49.4 Å². The van der Waals surface area contributed by atoms with Crippen molar-refractivity contribution in [1.82, 2.24) is 5.32 Å². The number of rotatable bonds is 6. The number of carbonyl (C=O) groups is 2. The lowest BCUT2D eigenvalue weighted by Crippen LogP contribution is -2.34. The van der Waals surface area contributed by atoms with E-state index in [2.05, 4.69) is 5.32 Å². The largest absolute Gasteiger partial charge is 0.356 e. The molecule has 0 saturated carbocycles. The smallest absolute Gasteiger partial charge is 0.223 e. The van der Waals surface area contributed by atoms with Gasteiger partial charge < -0.3 is 10.2 Å². The van der Waals surface area contributed by atoms with Crippen LogP contribution in [-0.2, 0) is 9.59 Å². The van der Waals surface area contributed by atoms with Crippen LogP contribution in [-0.4, -0.2) is 24.9 Å². The number of hydrogen-bond donors (Lipinski definition) is 1. The van der Waals surface area contributed by atoms with E-state index in [4.69, 9.17) is 0 Å². The summed E-state index contributed by atoms with van der Waals surface area (Å²) in [5.74, 6) is -0.724. The van der Waals surface area contributed by atoms with Crippen molar-refractivity contribution in [2.75, 3.05) is 18.0 Å². The molecule has 0 fully saturated rings. The molecule has 2 amide bonds. The van der Waals surface area contributed by atoms with Gasteiger partial charge >= 0.3 is 0 Å². The summed E-state index contributed by atoms with van der Waals surface area (Å²) in [4.78, 5) is 24.5. The van der Waals surface area contributed by atoms with Gasteiger partial charge in [0.05, 0.1) is 0 Å². The van der Waals surface area contributed by atoms with E-state index in [0.717, 1.165) is 6.42 Å². The van der Waals surface area contributed by atoms with E-state index >= 15 is 0 Å². The summed E-state index contributed by atoms with van der Waals surface area (Å²) < 4.78 is 13.1. The average Bonchev–Trinajstić information content (AvgIpc) is 2.36. The Morgan fingerprint density at radius 1 is 1.37 bits per heavy atom. The van der Waals surface area contributed by atoms with Crippen LogP contribution in [0.3, 0.4) is 0 Å². The van der Waals surface area contributed by atoms with Crippen molar-refractivity contribution in [3.63, 3.8) is 0 Å². The quantitative estimate of drug-likeness (QED) is 0.857. The van der Waals surface area contributed by atoms with E-state index in [1.807, 2.05) is 6.92 Å². The summed E-state index contributed by atoms with van der Waals surface area (Å²) in [6.45, 7) is 4.23. The first kappa shape index (κ1) is 15.1. The van der Waals surface area contributed by atoms with Gasteiger partial charge in [0.15, 0.2) is 0 Å². The number of halogens is 1. The van der Waals surface area contributed by atoms with Gasteiger partial charge in [-0.3, -0.25) is 9.59 Å². The summed E-state index contributed by atoms with van der Waals surface area (Å²) in [5, 5.41) is 2.74. The molecule has 104 valence electrons. The zero-order valence-electron chi connectivity index (χ0n) is 11.3. The summed E-state index contributed by atoms with van der Waals surface area (Å²) >= 11 is 0. The van der Waals surface area contributed by atoms with Gasteiger partial charge in [-0.25, -0.2) is 4.39 Å². The standard InChI is InChI=1S/C14H19FN2O2/c1-3-8-16-14(19)7-9-17(11(2)18)13-6-4-5-12(15)10-13/h4-6,10H,3,7-9H2,1-2H3,(H,16,19). The van der Waals surface area contributed by atoms with Crippen molar-refractivity contribution < 1.29 is 14.0 Å². The maximum Gasteiger partial charge on any atom is 0.223 e. The molecular formula is C14H19FN2O2. The molecule has 0 unspecified atom stereocenters.